The number of nitrogens with zero attached hydrogens (tertiary/aromatic N) is 2. The summed E-state index contributed by atoms with van der Waals surface area (Å²) in [5.74, 6) is 0.146. The van der Waals surface area contributed by atoms with Crippen LogP contribution in [0.15, 0.2) is 47.6 Å². The van der Waals surface area contributed by atoms with Gasteiger partial charge in [-0.25, -0.2) is 0 Å². The first-order valence-corrected chi connectivity index (χ1v) is 11.0. The van der Waals surface area contributed by atoms with E-state index in [4.69, 9.17) is 10.7 Å². The summed E-state index contributed by atoms with van der Waals surface area (Å²) in [7, 11) is 0. The zero-order chi connectivity index (χ0) is 20.9. The van der Waals surface area contributed by atoms with Crippen molar-refractivity contribution < 1.29 is 14.7 Å². The van der Waals surface area contributed by atoms with Crippen molar-refractivity contribution in [3.05, 3.63) is 48.2 Å². The number of hydrogen-bond acceptors (Lipinski definition) is 4. The Labute approximate surface area is 176 Å². The molecule has 0 radical (unpaired) electrons. The summed E-state index contributed by atoms with van der Waals surface area (Å²) in [4.78, 5) is 32.0. The number of aliphatic imine (C=N–C) groups is 1. The summed E-state index contributed by atoms with van der Waals surface area (Å²) >= 11 is 0. The van der Waals surface area contributed by atoms with Crippen LogP contribution < -0.4 is 5.73 Å². The van der Waals surface area contributed by atoms with E-state index in [-0.39, 0.29) is 5.91 Å². The number of hydrogen-bond donors (Lipinski definition) is 2. The molecule has 5 aliphatic rings. The molecule has 3 unspecified atom stereocenters. The molecule has 1 aromatic rings. The molecule has 4 saturated carbocycles. The quantitative estimate of drug-likeness (QED) is 0.734. The lowest BCUT2D eigenvalue weighted by Crippen LogP contribution is -2.61. The molecule has 1 aliphatic heterocycles. The lowest BCUT2D eigenvalue weighted by atomic mass is 9.46. The number of nitrogens with two attached hydrogens (primary N) is 1. The number of rotatable bonds is 5. The number of carbonyl (C=O) groups excluding carboxylic acids is 2. The van der Waals surface area contributed by atoms with E-state index < -0.39 is 23.0 Å². The van der Waals surface area contributed by atoms with Crippen LogP contribution in [-0.2, 0) is 16.1 Å². The summed E-state index contributed by atoms with van der Waals surface area (Å²) in [6.07, 6.45) is 9.10. The zero-order valence-electron chi connectivity index (χ0n) is 17.2. The molecule has 4 aliphatic carbocycles. The molecule has 3 atom stereocenters. The molecule has 2 amide bonds. The van der Waals surface area contributed by atoms with Gasteiger partial charge in [0.2, 0.25) is 5.91 Å². The van der Waals surface area contributed by atoms with Crippen LogP contribution in [-0.4, -0.2) is 39.2 Å². The predicted octanol–water partition coefficient (Wildman–Crippen LogP) is 2.56. The predicted molar refractivity (Wildman–Crippen MR) is 113 cm³/mol. The normalized spacial score (nSPS) is 37.0. The highest BCUT2D eigenvalue weighted by Gasteiger charge is 2.60. The van der Waals surface area contributed by atoms with Gasteiger partial charge in [-0.2, -0.15) is 0 Å². The molecule has 1 aromatic carbocycles. The molecule has 6 heteroatoms. The van der Waals surface area contributed by atoms with E-state index in [0.717, 1.165) is 37.7 Å². The third kappa shape index (κ3) is 3.27. The van der Waals surface area contributed by atoms with Gasteiger partial charge in [-0.1, -0.05) is 36.4 Å². The fourth-order valence-electron chi connectivity index (χ4n) is 6.81. The Morgan fingerprint density at radius 1 is 1.13 bits per heavy atom. The van der Waals surface area contributed by atoms with Crippen LogP contribution in [0.1, 0.15) is 50.5 Å². The average Bonchev–Trinajstić information content (AvgIpc) is 3.17. The maximum Gasteiger partial charge on any atom is 0.273 e. The Bertz CT molecular complexity index is 909. The SMILES string of the molecule is NC(=O)C1CC=CN1C(=O)/C(=N\Cc1ccccc1)C12CC3CC(CC(O)(C3)C1)C2. The number of amides is 2. The Balaban J connectivity index is 1.53. The van der Waals surface area contributed by atoms with Crippen LogP contribution in [0.3, 0.4) is 0 Å². The molecule has 158 valence electrons. The molecule has 6 nitrogen and oxygen atoms in total. The van der Waals surface area contributed by atoms with Crippen LogP contribution in [0.5, 0.6) is 0 Å². The van der Waals surface area contributed by atoms with Crippen molar-refractivity contribution in [3.63, 3.8) is 0 Å². The van der Waals surface area contributed by atoms with Gasteiger partial charge in [0.1, 0.15) is 11.8 Å². The molecular formula is C24H29N3O3. The zero-order valence-corrected chi connectivity index (χ0v) is 17.2. The van der Waals surface area contributed by atoms with Gasteiger partial charge in [-0.15, -0.1) is 0 Å². The van der Waals surface area contributed by atoms with Gasteiger partial charge in [0, 0.05) is 11.6 Å². The highest BCUT2D eigenvalue weighted by molar-refractivity contribution is 6.41. The number of aliphatic hydroxyl groups is 1. The fraction of sp³-hybridized carbons (Fsp3) is 0.542. The van der Waals surface area contributed by atoms with E-state index in [1.807, 2.05) is 36.4 Å². The molecule has 4 bridgehead atoms. The Hall–Kier alpha value is -2.47. The van der Waals surface area contributed by atoms with E-state index in [2.05, 4.69) is 0 Å². The number of primary amides is 1. The van der Waals surface area contributed by atoms with E-state index in [1.165, 1.54) is 4.90 Å². The van der Waals surface area contributed by atoms with Crippen LogP contribution >= 0.6 is 0 Å². The van der Waals surface area contributed by atoms with Crippen LogP contribution in [0, 0.1) is 17.3 Å². The van der Waals surface area contributed by atoms with Crippen molar-refractivity contribution in [1.29, 1.82) is 0 Å². The molecule has 30 heavy (non-hydrogen) atoms. The summed E-state index contributed by atoms with van der Waals surface area (Å²) in [6.45, 7) is 0.413. The smallest absolute Gasteiger partial charge is 0.273 e. The number of carbonyl (C=O) groups is 2. The van der Waals surface area contributed by atoms with E-state index in [1.54, 1.807) is 6.20 Å². The van der Waals surface area contributed by atoms with E-state index in [0.29, 0.717) is 36.9 Å². The lowest BCUT2D eigenvalue weighted by Gasteiger charge is -2.60. The summed E-state index contributed by atoms with van der Waals surface area (Å²) < 4.78 is 0. The van der Waals surface area contributed by atoms with Gasteiger partial charge in [0.25, 0.3) is 5.91 Å². The van der Waals surface area contributed by atoms with Crippen LogP contribution in [0.25, 0.3) is 0 Å². The van der Waals surface area contributed by atoms with Gasteiger partial charge < -0.3 is 15.7 Å². The van der Waals surface area contributed by atoms with Gasteiger partial charge in [-0.05, 0) is 62.3 Å². The van der Waals surface area contributed by atoms with Crippen molar-refractivity contribution in [1.82, 2.24) is 4.90 Å². The molecule has 0 aromatic heterocycles. The summed E-state index contributed by atoms with van der Waals surface area (Å²) in [5.41, 5.74) is 6.02. The average molecular weight is 408 g/mol. The monoisotopic (exact) mass is 407 g/mol. The Kier molecular flexibility index (Phi) is 4.58. The summed E-state index contributed by atoms with van der Waals surface area (Å²) in [6, 6.07) is 9.23. The molecule has 1 heterocycles. The van der Waals surface area contributed by atoms with Gasteiger partial charge >= 0.3 is 0 Å². The molecule has 3 N–H and O–H groups in total. The van der Waals surface area contributed by atoms with E-state index >= 15 is 0 Å². The van der Waals surface area contributed by atoms with Gasteiger partial charge in [0.05, 0.1) is 12.1 Å². The Morgan fingerprint density at radius 2 is 1.83 bits per heavy atom. The lowest BCUT2D eigenvalue weighted by molar-refractivity contribution is -0.146. The first-order chi connectivity index (χ1) is 14.4. The van der Waals surface area contributed by atoms with Crippen molar-refractivity contribution in [2.24, 2.45) is 28.0 Å². The fourth-order valence-corrected chi connectivity index (χ4v) is 6.81. The third-order valence-corrected chi connectivity index (χ3v) is 7.52. The molecular weight excluding hydrogens is 378 g/mol. The topological polar surface area (TPSA) is 96.0 Å². The first kappa shape index (κ1) is 19.5. The molecule has 4 fully saturated rings. The second kappa shape index (κ2) is 7.05. The van der Waals surface area contributed by atoms with Crippen molar-refractivity contribution in [2.45, 2.75) is 63.1 Å². The minimum absolute atomic E-state index is 0.228. The highest BCUT2D eigenvalue weighted by Crippen LogP contribution is 2.62. The third-order valence-electron chi connectivity index (χ3n) is 7.52. The molecule has 0 spiro atoms. The first-order valence-electron chi connectivity index (χ1n) is 11.0. The minimum Gasteiger partial charge on any atom is -0.390 e. The highest BCUT2D eigenvalue weighted by atomic mass is 16.3. The molecule has 0 saturated heterocycles. The second-order valence-electron chi connectivity index (χ2n) is 9.87. The van der Waals surface area contributed by atoms with Crippen LogP contribution in [0.4, 0.5) is 0 Å². The van der Waals surface area contributed by atoms with E-state index in [9.17, 15) is 14.7 Å². The minimum atomic E-state index is -0.693. The maximum absolute atomic E-state index is 13.8. The van der Waals surface area contributed by atoms with Crippen molar-refractivity contribution in [3.8, 4) is 0 Å². The van der Waals surface area contributed by atoms with Crippen LogP contribution in [0.2, 0.25) is 0 Å². The van der Waals surface area contributed by atoms with Crippen molar-refractivity contribution in [2.75, 3.05) is 0 Å². The largest absolute Gasteiger partial charge is 0.390 e. The second-order valence-corrected chi connectivity index (χ2v) is 9.87. The maximum atomic E-state index is 13.8. The van der Waals surface area contributed by atoms with Crippen molar-refractivity contribution >= 4 is 17.5 Å². The van der Waals surface area contributed by atoms with Gasteiger partial charge in [0.15, 0.2) is 0 Å². The summed E-state index contributed by atoms with van der Waals surface area (Å²) in [5, 5.41) is 11.2. The standard InChI is InChI=1S/C24H29N3O3/c25-21(28)19-7-4-8-27(19)22(29)20(26-14-16-5-2-1-3-6-16)23-10-17-9-18(11-23)13-24(30,12-17)15-23/h1-6,8,17-19,30H,7,9-15H2,(H2,25,28)/b26-20+. The van der Waals surface area contributed by atoms with Gasteiger partial charge in [-0.3, -0.25) is 14.6 Å². The molecule has 6 rings (SSSR count). The Morgan fingerprint density at radius 3 is 2.47 bits per heavy atom. The number of benzene rings is 1.